The smallest absolute Gasteiger partial charge is 1.00 e. The van der Waals surface area contributed by atoms with Gasteiger partial charge in [-0.15, -0.1) is 0 Å². The van der Waals surface area contributed by atoms with Gasteiger partial charge in [-0.3, -0.25) is 13.7 Å². The SMILES string of the molecule is O=S(=O)(O)C1C=CC2=CC(S(=O)(=O)O)(S(=O)(=O)O)c3ccc(O)c4ccc1c2c34.[H-].[H-].[H-].[Na+].[Na+].[Na+]. The van der Waals surface area contributed by atoms with E-state index in [1.54, 1.807) is 0 Å². The maximum atomic E-state index is 12.2. The Balaban J connectivity index is -0.00000171. The van der Waals surface area contributed by atoms with Crippen LogP contribution in [0.4, 0.5) is 0 Å². The molecule has 0 aliphatic heterocycles. The van der Waals surface area contributed by atoms with Crippen molar-refractivity contribution in [3.05, 3.63) is 59.2 Å². The summed E-state index contributed by atoms with van der Waals surface area (Å²) in [7, 11) is -15.7. The van der Waals surface area contributed by atoms with Gasteiger partial charge in [-0.1, -0.05) is 30.4 Å². The summed E-state index contributed by atoms with van der Waals surface area (Å²) in [5.41, 5.74) is -0.694. The predicted octanol–water partition coefficient (Wildman–Crippen LogP) is -7.28. The van der Waals surface area contributed by atoms with Gasteiger partial charge in [0.25, 0.3) is 34.4 Å². The van der Waals surface area contributed by atoms with Crippen molar-refractivity contribution >= 4 is 46.7 Å². The fourth-order valence-corrected chi connectivity index (χ4v) is 7.19. The zero-order chi connectivity index (χ0) is 21.6. The Morgan fingerprint density at radius 3 is 1.91 bits per heavy atom. The Labute approximate surface area is 254 Å². The summed E-state index contributed by atoms with van der Waals surface area (Å²) in [5.74, 6) is -0.384. The normalized spacial score (nSPS) is 18.6. The first kappa shape index (κ1) is 30.7. The van der Waals surface area contributed by atoms with Crippen LogP contribution in [0.2, 0.25) is 0 Å². The molecule has 10 nitrogen and oxygen atoms in total. The van der Waals surface area contributed by atoms with E-state index in [4.69, 9.17) is 0 Å². The van der Waals surface area contributed by atoms with Gasteiger partial charge in [-0.2, -0.15) is 25.3 Å². The molecule has 4 rings (SSSR count). The predicted molar refractivity (Wildman–Crippen MR) is 105 cm³/mol. The number of benzene rings is 2. The standard InChI is InChI=1S/C16H12O10S3.3Na.3H/c17-12-5-4-11-15-9(12)2-3-10-13(27(18,19)20)6-1-8(14(10)15)7-16(11,28(21,22)23)29(24,25)26;;;;;;/h1-7,13,17H,(H,18,19,20)(H,21,22,23)(H,24,25,26);;;;;;/q;3*+1;3*-1. The van der Waals surface area contributed by atoms with Crippen LogP contribution in [0.15, 0.2) is 42.5 Å². The quantitative estimate of drug-likeness (QED) is 0.219. The van der Waals surface area contributed by atoms with Crippen LogP contribution in [0.1, 0.15) is 26.2 Å². The summed E-state index contributed by atoms with van der Waals surface area (Å²) in [6.45, 7) is 0. The van der Waals surface area contributed by atoms with Gasteiger partial charge in [-0.25, -0.2) is 0 Å². The number of phenolic OH excluding ortho intramolecular Hbond substituents is 1. The van der Waals surface area contributed by atoms with E-state index >= 15 is 0 Å². The summed E-state index contributed by atoms with van der Waals surface area (Å²) in [4.78, 5) is 0. The molecule has 0 heterocycles. The van der Waals surface area contributed by atoms with Crippen molar-refractivity contribution < 1.29 is 137 Å². The largest absolute Gasteiger partial charge is 1.00 e. The van der Waals surface area contributed by atoms with Crippen molar-refractivity contribution in [1.29, 1.82) is 0 Å². The summed E-state index contributed by atoms with van der Waals surface area (Å²) >= 11 is 0. The molecular formula is C16H15Na3O10S3. The fraction of sp³-hybridized carbons (Fsp3) is 0.125. The Kier molecular flexibility index (Phi) is 9.26. The molecule has 1 atom stereocenters. The third-order valence-corrected chi connectivity index (χ3v) is 9.57. The van der Waals surface area contributed by atoms with Crippen molar-refractivity contribution in [2.24, 2.45) is 0 Å². The van der Waals surface area contributed by atoms with Crippen molar-refractivity contribution in [2.45, 2.75) is 9.33 Å². The molecule has 0 aromatic heterocycles. The van der Waals surface area contributed by atoms with Gasteiger partial charge in [0, 0.05) is 10.9 Å². The maximum Gasteiger partial charge on any atom is 1.00 e. The van der Waals surface area contributed by atoms with Crippen LogP contribution >= 0.6 is 0 Å². The molecule has 4 N–H and O–H groups in total. The second-order valence-corrected chi connectivity index (χ2v) is 11.6. The van der Waals surface area contributed by atoms with Crippen LogP contribution < -0.4 is 88.7 Å². The molecule has 0 spiro atoms. The summed E-state index contributed by atoms with van der Waals surface area (Å²) in [6, 6.07) is 4.37. The Morgan fingerprint density at radius 1 is 0.844 bits per heavy atom. The molecule has 2 aliphatic carbocycles. The van der Waals surface area contributed by atoms with E-state index < -0.39 is 45.2 Å². The number of phenols is 1. The minimum atomic E-state index is -5.52. The summed E-state index contributed by atoms with van der Waals surface area (Å²) in [6.07, 6.45) is 2.65. The minimum absolute atomic E-state index is 0. The minimum Gasteiger partial charge on any atom is -1.00 e. The number of hydrogen-bond acceptors (Lipinski definition) is 7. The van der Waals surface area contributed by atoms with Crippen LogP contribution in [-0.4, -0.2) is 44.0 Å². The fourth-order valence-electron chi connectivity index (χ4n) is 3.89. The average Bonchev–Trinajstić information content (AvgIpc) is 2.57. The third-order valence-electron chi connectivity index (χ3n) is 5.04. The van der Waals surface area contributed by atoms with Crippen LogP contribution in [-0.2, 0) is 34.4 Å². The molecule has 2 aromatic rings. The first-order valence-electron chi connectivity index (χ1n) is 7.81. The zero-order valence-electron chi connectivity index (χ0n) is 20.1. The number of hydrogen-bond donors (Lipinski definition) is 4. The van der Waals surface area contributed by atoms with Gasteiger partial charge >= 0.3 is 88.7 Å². The molecule has 2 aliphatic rings. The topological polar surface area (TPSA) is 183 Å². The van der Waals surface area contributed by atoms with E-state index in [1.807, 2.05) is 0 Å². The van der Waals surface area contributed by atoms with Crippen molar-refractivity contribution in [3.8, 4) is 5.75 Å². The molecule has 2 aromatic carbocycles. The van der Waals surface area contributed by atoms with Gasteiger partial charge in [0.1, 0.15) is 11.0 Å². The first-order valence-corrected chi connectivity index (χ1v) is 12.2. The first-order chi connectivity index (χ1) is 13.2. The Morgan fingerprint density at radius 2 is 1.41 bits per heavy atom. The van der Waals surface area contributed by atoms with Crippen molar-refractivity contribution in [2.75, 3.05) is 0 Å². The van der Waals surface area contributed by atoms with Crippen LogP contribution in [0.3, 0.4) is 0 Å². The molecule has 16 heteroatoms. The van der Waals surface area contributed by atoms with Gasteiger partial charge in [0.2, 0.25) is 0 Å². The third kappa shape index (κ3) is 4.38. The molecule has 0 saturated heterocycles. The Hall–Kier alpha value is 0.710. The molecule has 0 bridgehead atoms. The second-order valence-electron chi connectivity index (χ2n) is 6.60. The van der Waals surface area contributed by atoms with Gasteiger partial charge in [-0.05, 0) is 34.2 Å². The van der Waals surface area contributed by atoms with E-state index in [9.17, 15) is 44.0 Å². The van der Waals surface area contributed by atoms with Crippen molar-refractivity contribution in [3.63, 3.8) is 0 Å². The van der Waals surface area contributed by atoms with E-state index in [0.717, 1.165) is 24.3 Å². The molecule has 32 heavy (non-hydrogen) atoms. The van der Waals surface area contributed by atoms with E-state index in [-0.39, 0.29) is 126 Å². The number of allylic oxidation sites excluding steroid dienone is 2. The monoisotopic (exact) mass is 532 g/mol. The molecule has 0 saturated carbocycles. The van der Waals surface area contributed by atoms with Gasteiger partial charge in [0.15, 0.2) is 0 Å². The number of aromatic hydroxyl groups is 1. The molecular weight excluding hydrogens is 517 g/mol. The molecule has 160 valence electrons. The van der Waals surface area contributed by atoms with Gasteiger partial charge in [0.05, 0.1) is 0 Å². The number of rotatable bonds is 3. The summed E-state index contributed by atoms with van der Waals surface area (Å²) < 4.78 is 98.3. The van der Waals surface area contributed by atoms with Crippen LogP contribution in [0.5, 0.6) is 5.75 Å². The Bertz CT molecular complexity index is 1480. The molecule has 0 radical (unpaired) electrons. The second kappa shape index (κ2) is 9.64. The van der Waals surface area contributed by atoms with Crippen LogP contribution in [0.25, 0.3) is 16.3 Å². The molecule has 1 unspecified atom stereocenters. The average molecular weight is 532 g/mol. The van der Waals surface area contributed by atoms with Crippen molar-refractivity contribution in [1.82, 2.24) is 0 Å². The summed E-state index contributed by atoms with van der Waals surface area (Å²) in [5, 5.41) is 8.40. The maximum absolute atomic E-state index is 12.2. The molecule has 0 fully saturated rings. The molecule has 0 amide bonds. The van der Waals surface area contributed by atoms with E-state index in [0.29, 0.717) is 6.08 Å². The zero-order valence-corrected chi connectivity index (χ0v) is 25.5. The van der Waals surface area contributed by atoms with E-state index in [1.165, 1.54) is 12.1 Å². The van der Waals surface area contributed by atoms with Gasteiger partial charge < -0.3 is 9.39 Å². The van der Waals surface area contributed by atoms with E-state index in [2.05, 4.69) is 0 Å². The van der Waals surface area contributed by atoms with Crippen LogP contribution in [0, 0.1) is 0 Å².